The van der Waals surface area contributed by atoms with Gasteiger partial charge in [0.05, 0.1) is 12.2 Å². The zero-order chi connectivity index (χ0) is 13.4. The number of nitrogens with zero attached hydrogens (tertiary/aromatic N) is 6. The molecule has 0 bridgehead atoms. The van der Waals surface area contributed by atoms with Crippen LogP contribution in [0, 0.1) is 0 Å². The predicted octanol–water partition coefficient (Wildman–Crippen LogP) is 0.481. The molecule has 0 amide bonds. The van der Waals surface area contributed by atoms with E-state index in [1.807, 2.05) is 4.90 Å². The molecule has 1 aliphatic rings. The summed E-state index contributed by atoms with van der Waals surface area (Å²) in [4.78, 5) is 12.7. The normalized spacial score (nSPS) is 15.3. The van der Waals surface area contributed by atoms with Crippen LogP contribution < -0.4 is 4.90 Å². The Labute approximate surface area is 112 Å². The Balaban J connectivity index is 1.65. The van der Waals surface area contributed by atoms with Crippen molar-refractivity contribution in [2.24, 2.45) is 0 Å². The lowest BCUT2D eigenvalue weighted by molar-refractivity contribution is 0.0690. The molecule has 1 fully saturated rings. The standard InChI is InChI=1S/C10H9ClN6O2/c11-8-1-2-9(14-13-8)16-3-6(4-16)17-5-7(10(18)19)12-15-17/h1-2,5-6H,3-4H2,(H,18,19). The van der Waals surface area contributed by atoms with Crippen molar-refractivity contribution in [3.8, 4) is 0 Å². The molecule has 0 unspecified atom stereocenters. The van der Waals surface area contributed by atoms with Gasteiger partial charge >= 0.3 is 5.97 Å². The number of hydrogen-bond donors (Lipinski definition) is 1. The molecule has 98 valence electrons. The summed E-state index contributed by atoms with van der Waals surface area (Å²) in [5.74, 6) is -0.342. The quantitative estimate of drug-likeness (QED) is 0.873. The number of halogens is 1. The van der Waals surface area contributed by atoms with E-state index in [4.69, 9.17) is 16.7 Å². The van der Waals surface area contributed by atoms with E-state index in [0.29, 0.717) is 18.2 Å². The molecule has 3 heterocycles. The molecule has 8 nitrogen and oxygen atoms in total. The fourth-order valence-corrected chi connectivity index (χ4v) is 1.94. The molecular weight excluding hydrogens is 272 g/mol. The molecule has 2 aromatic heterocycles. The van der Waals surface area contributed by atoms with Crippen molar-refractivity contribution < 1.29 is 9.90 Å². The van der Waals surface area contributed by atoms with Gasteiger partial charge in [0, 0.05) is 13.1 Å². The van der Waals surface area contributed by atoms with E-state index in [1.165, 1.54) is 6.20 Å². The number of anilines is 1. The predicted molar refractivity (Wildman–Crippen MR) is 65.3 cm³/mol. The number of carboxylic acid groups (broad SMARTS) is 1. The van der Waals surface area contributed by atoms with Crippen LogP contribution in [-0.2, 0) is 0 Å². The van der Waals surface area contributed by atoms with Gasteiger partial charge in [0.2, 0.25) is 0 Å². The smallest absolute Gasteiger partial charge is 0.358 e. The second-order valence-electron chi connectivity index (χ2n) is 4.16. The molecule has 0 atom stereocenters. The second kappa shape index (κ2) is 4.47. The zero-order valence-corrected chi connectivity index (χ0v) is 10.4. The first-order chi connectivity index (χ1) is 9.13. The van der Waals surface area contributed by atoms with Crippen molar-refractivity contribution in [2.75, 3.05) is 18.0 Å². The highest BCUT2D eigenvalue weighted by atomic mass is 35.5. The minimum Gasteiger partial charge on any atom is -0.476 e. The molecule has 1 aliphatic heterocycles. The van der Waals surface area contributed by atoms with Crippen LogP contribution in [0.5, 0.6) is 0 Å². The highest BCUT2D eigenvalue weighted by Crippen LogP contribution is 2.25. The van der Waals surface area contributed by atoms with Crippen molar-refractivity contribution in [3.63, 3.8) is 0 Å². The van der Waals surface area contributed by atoms with Crippen LogP contribution >= 0.6 is 11.6 Å². The summed E-state index contributed by atoms with van der Waals surface area (Å²) in [6.45, 7) is 1.36. The lowest BCUT2D eigenvalue weighted by Crippen LogP contribution is -2.48. The molecule has 9 heteroatoms. The van der Waals surface area contributed by atoms with E-state index in [0.717, 1.165) is 5.82 Å². The largest absolute Gasteiger partial charge is 0.476 e. The van der Waals surface area contributed by atoms with Gasteiger partial charge in [-0.3, -0.25) is 0 Å². The van der Waals surface area contributed by atoms with E-state index >= 15 is 0 Å². The monoisotopic (exact) mass is 280 g/mol. The molecule has 1 N–H and O–H groups in total. The molecule has 0 spiro atoms. The van der Waals surface area contributed by atoms with E-state index in [-0.39, 0.29) is 11.7 Å². The third-order valence-corrected chi connectivity index (χ3v) is 3.11. The van der Waals surface area contributed by atoms with Gasteiger partial charge in [-0.1, -0.05) is 16.8 Å². The Kier molecular flexibility index (Phi) is 2.79. The Morgan fingerprint density at radius 2 is 2.11 bits per heavy atom. The first-order valence-corrected chi connectivity index (χ1v) is 5.90. The van der Waals surface area contributed by atoms with E-state index in [2.05, 4.69) is 20.5 Å². The lowest BCUT2D eigenvalue weighted by Gasteiger charge is -2.39. The average Bonchev–Trinajstić information content (AvgIpc) is 2.79. The van der Waals surface area contributed by atoms with Gasteiger partial charge in [-0.25, -0.2) is 9.48 Å². The molecule has 0 aromatic carbocycles. The van der Waals surface area contributed by atoms with Crippen LogP contribution in [0.15, 0.2) is 18.3 Å². The van der Waals surface area contributed by atoms with Crippen LogP contribution in [0.4, 0.5) is 5.82 Å². The molecular formula is C10H9ClN6O2. The number of carbonyl (C=O) groups is 1. The summed E-state index contributed by atoms with van der Waals surface area (Å²) < 4.78 is 1.56. The SMILES string of the molecule is O=C(O)c1cn(C2CN(c3ccc(Cl)nn3)C2)nn1. The van der Waals surface area contributed by atoms with Crippen LogP contribution in [0.1, 0.15) is 16.5 Å². The molecule has 3 rings (SSSR count). The minimum absolute atomic E-state index is 0.0512. The average molecular weight is 281 g/mol. The Morgan fingerprint density at radius 1 is 1.32 bits per heavy atom. The summed E-state index contributed by atoms with van der Waals surface area (Å²) in [7, 11) is 0. The first kappa shape index (κ1) is 11.8. The topological polar surface area (TPSA) is 97.0 Å². The Bertz CT molecular complexity index is 607. The third kappa shape index (κ3) is 2.22. The van der Waals surface area contributed by atoms with E-state index < -0.39 is 5.97 Å². The zero-order valence-electron chi connectivity index (χ0n) is 9.64. The van der Waals surface area contributed by atoms with Crippen LogP contribution in [0.3, 0.4) is 0 Å². The number of aromatic nitrogens is 5. The van der Waals surface area contributed by atoms with Gasteiger partial charge in [-0.15, -0.1) is 15.3 Å². The van der Waals surface area contributed by atoms with Gasteiger partial charge in [0.15, 0.2) is 16.7 Å². The van der Waals surface area contributed by atoms with Gasteiger partial charge in [0.1, 0.15) is 0 Å². The Hall–Kier alpha value is -2.22. The van der Waals surface area contributed by atoms with Crippen molar-refractivity contribution >= 4 is 23.4 Å². The number of hydrogen-bond acceptors (Lipinski definition) is 6. The van der Waals surface area contributed by atoms with Crippen LogP contribution in [0.25, 0.3) is 0 Å². The van der Waals surface area contributed by atoms with Crippen molar-refractivity contribution in [3.05, 3.63) is 29.2 Å². The van der Waals surface area contributed by atoms with Gasteiger partial charge < -0.3 is 10.0 Å². The van der Waals surface area contributed by atoms with Crippen LogP contribution in [0.2, 0.25) is 5.15 Å². The Morgan fingerprint density at radius 3 is 2.68 bits per heavy atom. The molecule has 0 aliphatic carbocycles. The van der Waals surface area contributed by atoms with E-state index in [1.54, 1.807) is 16.8 Å². The van der Waals surface area contributed by atoms with Gasteiger partial charge in [-0.2, -0.15) is 0 Å². The molecule has 19 heavy (non-hydrogen) atoms. The summed E-state index contributed by atoms with van der Waals surface area (Å²) in [5, 5.41) is 24.2. The fourth-order valence-electron chi connectivity index (χ4n) is 1.84. The number of aromatic carboxylic acids is 1. The molecule has 0 saturated carbocycles. The number of rotatable bonds is 3. The summed E-state index contributed by atoms with van der Waals surface area (Å²) in [5.41, 5.74) is -0.0512. The van der Waals surface area contributed by atoms with Crippen molar-refractivity contribution in [1.29, 1.82) is 0 Å². The summed E-state index contributed by atoms with van der Waals surface area (Å²) >= 11 is 5.66. The third-order valence-electron chi connectivity index (χ3n) is 2.91. The molecule has 2 aromatic rings. The minimum atomic E-state index is -1.08. The molecule has 1 saturated heterocycles. The fraction of sp³-hybridized carbons (Fsp3) is 0.300. The summed E-state index contributed by atoms with van der Waals surface area (Å²) in [6, 6.07) is 3.56. The number of carboxylic acids is 1. The van der Waals surface area contributed by atoms with Gasteiger partial charge in [0.25, 0.3) is 0 Å². The second-order valence-corrected chi connectivity index (χ2v) is 4.55. The van der Waals surface area contributed by atoms with Crippen molar-refractivity contribution in [1.82, 2.24) is 25.2 Å². The van der Waals surface area contributed by atoms with Crippen LogP contribution in [-0.4, -0.2) is 49.4 Å². The maximum Gasteiger partial charge on any atom is 0.358 e. The summed E-state index contributed by atoms with van der Waals surface area (Å²) in [6.07, 6.45) is 1.43. The maximum absolute atomic E-state index is 10.7. The highest BCUT2D eigenvalue weighted by Gasteiger charge is 2.30. The van der Waals surface area contributed by atoms with Gasteiger partial charge in [-0.05, 0) is 12.1 Å². The maximum atomic E-state index is 10.7. The first-order valence-electron chi connectivity index (χ1n) is 5.53. The molecule has 0 radical (unpaired) electrons. The van der Waals surface area contributed by atoms with Crippen molar-refractivity contribution in [2.45, 2.75) is 6.04 Å². The lowest BCUT2D eigenvalue weighted by atomic mass is 10.1. The van der Waals surface area contributed by atoms with E-state index in [9.17, 15) is 4.79 Å². The highest BCUT2D eigenvalue weighted by molar-refractivity contribution is 6.29.